The van der Waals surface area contributed by atoms with Crippen LogP contribution in [0.4, 0.5) is 0 Å². The number of hydrogen-bond donors (Lipinski definition) is 1. The second-order valence-electron chi connectivity index (χ2n) is 5.08. The average molecular weight is 218 g/mol. The minimum Gasteiger partial charge on any atom is -0.323 e. The molecule has 0 aromatic heterocycles. The zero-order valence-electron chi connectivity index (χ0n) is 10.3. The fourth-order valence-electron chi connectivity index (χ4n) is 2.08. The predicted molar refractivity (Wildman–Crippen MR) is 68.5 cm³/mol. The first-order valence-corrected chi connectivity index (χ1v) is 6.24. The Hall–Kier alpha value is -0.860. The highest BCUT2D eigenvalue weighted by Crippen LogP contribution is 2.19. The largest absolute Gasteiger partial charge is 0.323 e. The molecular formula is C14H22N2. The Labute approximate surface area is 98.4 Å². The molecule has 2 N–H and O–H groups in total. The van der Waals surface area contributed by atoms with E-state index >= 15 is 0 Å². The number of likely N-dealkylation sites (tertiary alicyclic amines) is 1. The normalized spacial score (nSPS) is 18.5. The highest BCUT2D eigenvalue weighted by Gasteiger charge is 2.17. The second kappa shape index (κ2) is 4.98. The molecule has 88 valence electrons. The molecule has 1 aliphatic rings. The van der Waals surface area contributed by atoms with Gasteiger partial charge in [0.1, 0.15) is 0 Å². The van der Waals surface area contributed by atoms with E-state index in [1.165, 1.54) is 30.6 Å². The molecule has 0 bridgehead atoms. The van der Waals surface area contributed by atoms with Crippen LogP contribution in [-0.2, 0) is 0 Å². The summed E-state index contributed by atoms with van der Waals surface area (Å²) >= 11 is 0. The summed E-state index contributed by atoms with van der Waals surface area (Å²) in [5.41, 5.74) is 8.84. The second-order valence-corrected chi connectivity index (χ2v) is 5.08. The Kier molecular flexibility index (Phi) is 3.62. The number of nitrogens with two attached hydrogens (primary N) is 1. The summed E-state index contributed by atoms with van der Waals surface area (Å²) in [6.45, 7) is 7.88. The summed E-state index contributed by atoms with van der Waals surface area (Å²) in [5.74, 6) is 0.598. The quantitative estimate of drug-likeness (QED) is 0.841. The Morgan fingerprint density at radius 1 is 1.12 bits per heavy atom. The van der Waals surface area contributed by atoms with Crippen molar-refractivity contribution in [3.63, 3.8) is 0 Å². The zero-order chi connectivity index (χ0) is 11.5. The van der Waals surface area contributed by atoms with E-state index in [2.05, 4.69) is 43.0 Å². The minimum absolute atomic E-state index is 0.168. The third kappa shape index (κ3) is 2.63. The Bertz CT molecular complexity index is 325. The molecule has 0 spiro atoms. The molecule has 2 nitrogen and oxygen atoms in total. The van der Waals surface area contributed by atoms with Crippen LogP contribution in [0.1, 0.15) is 43.4 Å². The summed E-state index contributed by atoms with van der Waals surface area (Å²) < 4.78 is 0. The van der Waals surface area contributed by atoms with Crippen molar-refractivity contribution in [3.05, 3.63) is 35.4 Å². The lowest BCUT2D eigenvalue weighted by Gasteiger charge is -2.33. The molecule has 1 atom stereocenters. The van der Waals surface area contributed by atoms with Gasteiger partial charge in [0, 0.05) is 12.6 Å². The first-order chi connectivity index (χ1) is 7.66. The van der Waals surface area contributed by atoms with Gasteiger partial charge in [0.2, 0.25) is 0 Å². The van der Waals surface area contributed by atoms with Gasteiger partial charge >= 0.3 is 0 Å². The van der Waals surface area contributed by atoms with Gasteiger partial charge in [0.25, 0.3) is 0 Å². The Balaban J connectivity index is 1.97. The van der Waals surface area contributed by atoms with Crippen molar-refractivity contribution in [2.45, 2.75) is 32.2 Å². The predicted octanol–water partition coefficient (Wildman–Crippen LogP) is 2.52. The molecule has 1 aromatic carbocycles. The van der Waals surface area contributed by atoms with Crippen LogP contribution in [-0.4, -0.2) is 24.5 Å². The summed E-state index contributed by atoms with van der Waals surface area (Å²) in [7, 11) is 0. The van der Waals surface area contributed by atoms with Crippen LogP contribution < -0.4 is 5.73 Å². The molecule has 0 radical (unpaired) electrons. The molecule has 1 aliphatic heterocycles. The summed E-state index contributed by atoms with van der Waals surface area (Å²) in [6.07, 6.45) is 1.33. The lowest BCUT2D eigenvalue weighted by Crippen LogP contribution is -2.41. The van der Waals surface area contributed by atoms with Gasteiger partial charge < -0.3 is 10.6 Å². The molecule has 0 amide bonds. The van der Waals surface area contributed by atoms with Crippen molar-refractivity contribution < 1.29 is 0 Å². The number of benzene rings is 1. The maximum atomic E-state index is 6.19. The molecule has 1 heterocycles. The molecule has 2 heteroatoms. The summed E-state index contributed by atoms with van der Waals surface area (Å²) in [4.78, 5) is 2.42. The fraction of sp³-hybridized carbons (Fsp3) is 0.571. The molecule has 1 aromatic rings. The maximum Gasteiger partial charge on any atom is 0.0424 e. The summed E-state index contributed by atoms with van der Waals surface area (Å²) in [6, 6.07) is 8.94. The smallest absolute Gasteiger partial charge is 0.0424 e. The van der Waals surface area contributed by atoms with Crippen LogP contribution in [0.3, 0.4) is 0 Å². The topological polar surface area (TPSA) is 29.3 Å². The molecule has 16 heavy (non-hydrogen) atoms. The fourth-order valence-corrected chi connectivity index (χ4v) is 2.08. The van der Waals surface area contributed by atoms with Gasteiger partial charge in [0.05, 0.1) is 0 Å². The van der Waals surface area contributed by atoms with Crippen LogP contribution in [0.25, 0.3) is 0 Å². The van der Waals surface area contributed by atoms with Gasteiger partial charge in [-0.05, 0) is 36.6 Å². The van der Waals surface area contributed by atoms with E-state index in [4.69, 9.17) is 5.73 Å². The molecule has 2 rings (SSSR count). The van der Waals surface area contributed by atoms with Crippen LogP contribution in [0.15, 0.2) is 24.3 Å². The van der Waals surface area contributed by atoms with Gasteiger partial charge in [-0.2, -0.15) is 0 Å². The van der Waals surface area contributed by atoms with Gasteiger partial charge in [-0.3, -0.25) is 0 Å². The highest BCUT2D eigenvalue weighted by molar-refractivity contribution is 5.26. The molecule has 1 saturated heterocycles. The van der Waals surface area contributed by atoms with Crippen molar-refractivity contribution in [3.8, 4) is 0 Å². The number of nitrogens with zero attached hydrogens (tertiary/aromatic N) is 1. The first kappa shape index (κ1) is 11.6. The highest BCUT2D eigenvalue weighted by atomic mass is 15.2. The standard InChI is InChI=1S/C14H22N2/c1-11(2)12-4-6-13(7-5-12)14(15)10-16-8-3-9-16/h4-7,11,14H,3,8-10,15H2,1-2H3/t14-/m1/s1. The van der Waals surface area contributed by atoms with E-state index < -0.39 is 0 Å². The maximum absolute atomic E-state index is 6.19. The van der Waals surface area contributed by atoms with Crippen molar-refractivity contribution in [2.75, 3.05) is 19.6 Å². The SMILES string of the molecule is CC(C)c1ccc([C@H](N)CN2CCC2)cc1. The third-order valence-corrected chi connectivity index (χ3v) is 3.43. The van der Waals surface area contributed by atoms with Crippen molar-refractivity contribution in [1.82, 2.24) is 4.90 Å². The van der Waals surface area contributed by atoms with E-state index in [1.54, 1.807) is 0 Å². The number of hydrogen-bond acceptors (Lipinski definition) is 2. The molecule has 0 saturated carbocycles. The van der Waals surface area contributed by atoms with E-state index in [0.717, 1.165) is 6.54 Å². The van der Waals surface area contributed by atoms with Crippen molar-refractivity contribution in [2.24, 2.45) is 5.73 Å². The van der Waals surface area contributed by atoms with Gasteiger partial charge in [-0.25, -0.2) is 0 Å². The Morgan fingerprint density at radius 3 is 2.12 bits per heavy atom. The lowest BCUT2D eigenvalue weighted by atomic mass is 9.99. The average Bonchev–Trinajstić information content (AvgIpc) is 2.23. The van der Waals surface area contributed by atoms with Crippen molar-refractivity contribution in [1.29, 1.82) is 0 Å². The van der Waals surface area contributed by atoms with E-state index in [1.807, 2.05) is 0 Å². The van der Waals surface area contributed by atoms with Gasteiger partial charge in [-0.15, -0.1) is 0 Å². The van der Waals surface area contributed by atoms with E-state index in [-0.39, 0.29) is 6.04 Å². The van der Waals surface area contributed by atoms with Crippen LogP contribution in [0.2, 0.25) is 0 Å². The number of rotatable bonds is 4. The third-order valence-electron chi connectivity index (χ3n) is 3.43. The lowest BCUT2D eigenvalue weighted by molar-refractivity contribution is 0.170. The monoisotopic (exact) mass is 218 g/mol. The van der Waals surface area contributed by atoms with Crippen LogP contribution in [0, 0.1) is 0 Å². The molecule has 0 unspecified atom stereocenters. The zero-order valence-corrected chi connectivity index (χ0v) is 10.3. The van der Waals surface area contributed by atoms with E-state index in [0.29, 0.717) is 5.92 Å². The molecule has 0 aliphatic carbocycles. The minimum atomic E-state index is 0.168. The van der Waals surface area contributed by atoms with Crippen LogP contribution in [0.5, 0.6) is 0 Å². The summed E-state index contributed by atoms with van der Waals surface area (Å²) in [5, 5.41) is 0. The van der Waals surface area contributed by atoms with Crippen LogP contribution >= 0.6 is 0 Å². The molecule has 1 fully saturated rings. The molecular weight excluding hydrogens is 196 g/mol. The first-order valence-electron chi connectivity index (χ1n) is 6.24. The van der Waals surface area contributed by atoms with Gasteiger partial charge in [-0.1, -0.05) is 38.1 Å². The Morgan fingerprint density at radius 2 is 1.69 bits per heavy atom. The van der Waals surface area contributed by atoms with Crippen molar-refractivity contribution >= 4 is 0 Å². The van der Waals surface area contributed by atoms with Gasteiger partial charge in [0.15, 0.2) is 0 Å². The van der Waals surface area contributed by atoms with E-state index in [9.17, 15) is 0 Å².